The summed E-state index contributed by atoms with van der Waals surface area (Å²) < 4.78 is 5.85. The Morgan fingerprint density at radius 3 is 2.74 bits per heavy atom. The summed E-state index contributed by atoms with van der Waals surface area (Å²) in [7, 11) is 0. The molecular formula is C17H27NO. The molecule has 0 aromatic heterocycles. The highest BCUT2D eigenvalue weighted by Crippen LogP contribution is 2.22. The third-order valence-electron chi connectivity index (χ3n) is 4.05. The molecule has 1 N–H and O–H groups in total. The van der Waals surface area contributed by atoms with Crippen LogP contribution in [0.25, 0.3) is 0 Å². The second-order valence-electron chi connectivity index (χ2n) is 5.52. The summed E-state index contributed by atoms with van der Waals surface area (Å²) in [5.74, 6) is 1.95. The topological polar surface area (TPSA) is 21.3 Å². The fourth-order valence-electron chi connectivity index (χ4n) is 2.87. The van der Waals surface area contributed by atoms with Crippen molar-refractivity contribution in [3.63, 3.8) is 0 Å². The van der Waals surface area contributed by atoms with E-state index in [0.717, 1.165) is 31.2 Å². The van der Waals surface area contributed by atoms with Crippen LogP contribution in [0.5, 0.6) is 5.75 Å². The lowest BCUT2D eigenvalue weighted by molar-refractivity contribution is 0.293. The average Bonchev–Trinajstić information content (AvgIpc) is 2.48. The first-order valence-corrected chi connectivity index (χ1v) is 7.81. The maximum Gasteiger partial charge on any atom is 0.122 e. The monoisotopic (exact) mass is 261 g/mol. The number of benzene rings is 1. The molecule has 2 nitrogen and oxygen atoms in total. The molecule has 1 aromatic rings. The van der Waals surface area contributed by atoms with E-state index in [-0.39, 0.29) is 0 Å². The van der Waals surface area contributed by atoms with Gasteiger partial charge in [0.2, 0.25) is 0 Å². The highest BCUT2D eigenvalue weighted by Gasteiger charge is 2.12. The van der Waals surface area contributed by atoms with Gasteiger partial charge in [0.05, 0.1) is 0 Å². The molecule has 1 fully saturated rings. The Hall–Kier alpha value is -1.02. The van der Waals surface area contributed by atoms with Crippen LogP contribution < -0.4 is 10.1 Å². The molecule has 1 aromatic carbocycles. The van der Waals surface area contributed by atoms with Crippen LogP contribution in [-0.4, -0.2) is 19.7 Å². The van der Waals surface area contributed by atoms with Crippen molar-refractivity contribution >= 4 is 0 Å². The largest absolute Gasteiger partial charge is 0.492 e. The number of nitrogens with one attached hydrogen (secondary N) is 1. The minimum absolute atomic E-state index is 0.768. The maximum atomic E-state index is 5.85. The second kappa shape index (κ2) is 8.21. The van der Waals surface area contributed by atoms with Crippen LogP contribution in [0.15, 0.2) is 24.3 Å². The van der Waals surface area contributed by atoms with E-state index in [0.29, 0.717) is 0 Å². The van der Waals surface area contributed by atoms with Gasteiger partial charge in [-0.05, 0) is 43.4 Å². The predicted molar refractivity (Wildman–Crippen MR) is 80.8 cm³/mol. The molecule has 0 heterocycles. The Morgan fingerprint density at radius 2 is 1.95 bits per heavy atom. The molecule has 1 saturated carbocycles. The number of ether oxygens (including phenoxy) is 1. The van der Waals surface area contributed by atoms with Crippen molar-refractivity contribution in [2.75, 3.05) is 19.7 Å². The Kier molecular flexibility index (Phi) is 6.22. The van der Waals surface area contributed by atoms with E-state index < -0.39 is 0 Å². The first kappa shape index (κ1) is 14.4. The van der Waals surface area contributed by atoms with Crippen LogP contribution in [0.1, 0.15) is 44.6 Å². The Labute approximate surface area is 117 Å². The molecule has 0 saturated heterocycles. The number of para-hydroxylation sites is 1. The number of rotatable bonds is 7. The van der Waals surface area contributed by atoms with E-state index in [1.807, 2.05) is 6.07 Å². The molecule has 0 aliphatic heterocycles. The van der Waals surface area contributed by atoms with Crippen LogP contribution in [0, 0.1) is 5.92 Å². The Morgan fingerprint density at radius 1 is 1.16 bits per heavy atom. The van der Waals surface area contributed by atoms with Gasteiger partial charge in [-0.15, -0.1) is 0 Å². The quantitative estimate of drug-likeness (QED) is 0.754. The first-order valence-electron chi connectivity index (χ1n) is 7.81. The zero-order valence-electron chi connectivity index (χ0n) is 12.2. The van der Waals surface area contributed by atoms with E-state index in [1.54, 1.807) is 0 Å². The molecule has 19 heavy (non-hydrogen) atoms. The van der Waals surface area contributed by atoms with Crippen molar-refractivity contribution in [1.29, 1.82) is 0 Å². The normalized spacial score (nSPS) is 16.5. The van der Waals surface area contributed by atoms with Crippen molar-refractivity contribution < 1.29 is 4.74 Å². The molecule has 0 radical (unpaired) electrons. The van der Waals surface area contributed by atoms with Gasteiger partial charge in [0.15, 0.2) is 0 Å². The van der Waals surface area contributed by atoms with Crippen molar-refractivity contribution in [3.05, 3.63) is 29.8 Å². The van der Waals surface area contributed by atoms with Crippen LogP contribution in [0.4, 0.5) is 0 Å². The number of aryl methyl sites for hydroxylation is 1. The van der Waals surface area contributed by atoms with Crippen LogP contribution in [0.2, 0.25) is 0 Å². The summed E-state index contributed by atoms with van der Waals surface area (Å²) in [4.78, 5) is 0. The molecule has 0 atom stereocenters. The van der Waals surface area contributed by atoms with Gasteiger partial charge in [-0.2, -0.15) is 0 Å². The van der Waals surface area contributed by atoms with Gasteiger partial charge in [-0.1, -0.05) is 44.4 Å². The highest BCUT2D eigenvalue weighted by molar-refractivity contribution is 5.33. The van der Waals surface area contributed by atoms with Gasteiger partial charge >= 0.3 is 0 Å². The smallest absolute Gasteiger partial charge is 0.122 e. The van der Waals surface area contributed by atoms with Gasteiger partial charge in [0, 0.05) is 6.54 Å². The van der Waals surface area contributed by atoms with E-state index in [2.05, 4.69) is 30.4 Å². The van der Waals surface area contributed by atoms with Gasteiger partial charge < -0.3 is 10.1 Å². The summed E-state index contributed by atoms with van der Waals surface area (Å²) in [5.41, 5.74) is 1.30. The van der Waals surface area contributed by atoms with E-state index in [4.69, 9.17) is 4.74 Å². The summed E-state index contributed by atoms with van der Waals surface area (Å²) in [6, 6.07) is 8.34. The molecule has 0 spiro atoms. The molecule has 106 valence electrons. The highest BCUT2D eigenvalue weighted by atomic mass is 16.5. The zero-order chi connectivity index (χ0) is 13.3. The summed E-state index contributed by atoms with van der Waals surface area (Å²) in [6.45, 7) is 5.06. The predicted octanol–water partition coefficient (Wildman–Crippen LogP) is 3.80. The molecule has 0 unspecified atom stereocenters. The third-order valence-corrected chi connectivity index (χ3v) is 4.05. The minimum atomic E-state index is 0.768. The lowest BCUT2D eigenvalue weighted by Gasteiger charge is -2.21. The molecule has 0 amide bonds. The molecule has 0 bridgehead atoms. The summed E-state index contributed by atoms with van der Waals surface area (Å²) in [5, 5.41) is 3.54. The lowest BCUT2D eigenvalue weighted by atomic mass is 9.89. The molecule has 2 rings (SSSR count). The molecular weight excluding hydrogens is 234 g/mol. The van der Waals surface area contributed by atoms with Crippen LogP contribution in [0.3, 0.4) is 0 Å². The van der Waals surface area contributed by atoms with Gasteiger partial charge in [-0.25, -0.2) is 0 Å². The van der Waals surface area contributed by atoms with E-state index >= 15 is 0 Å². The van der Waals surface area contributed by atoms with Gasteiger partial charge in [0.1, 0.15) is 12.4 Å². The van der Waals surface area contributed by atoms with Gasteiger partial charge in [-0.3, -0.25) is 0 Å². The third kappa shape index (κ3) is 4.87. The lowest BCUT2D eigenvalue weighted by Crippen LogP contribution is -2.28. The molecule has 1 aliphatic rings. The SMILES string of the molecule is CCc1ccccc1OCCNCC1CCCCC1. The van der Waals surface area contributed by atoms with Gasteiger partial charge in [0.25, 0.3) is 0 Å². The first-order chi connectivity index (χ1) is 9.40. The van der Waals surface area contributed by atoms with Crippen molar-refractivity contribution in [2.45, 2.75) is 45.4 Å². The Bertz CT molecular complexity index is 358. The number of hydrogen-bond donors (Lipinski definition) is 1. The summed E-state index contributed by atoms with van der Waals surface area (Å²) >= 11 is 0. The van der Waals surface area contributed by atoms with Crippen molar-refractivity contribution in [3.8, 4) is 5.75 Å². The van der Waals surface area contributed by atoms with Crippen molar-refractivity contribution in [2.24, 2.45) is 5.92 Å². The molecule has 2 heteroatoms. The zero-order valence-corrected chi connectivity index (χ0v) is 12.2. The standard InChI is InChI=1S/C17H27NO/c1-2-16-10-6-7-11-17(16)19-13-12-18-14-15-8-4-3-5-9-15/h6-7,10-11,15,18H,2-5,8-9,12-14H2,1H3. The Balaban J connectivity index is 1.61. The van der Waals surface area contributed by atoms with Crippen LogP contribution in [-0.2, 0) is 6.42 Å². The maximum absolute atomic E-state index is 5.85. The van der Waals surface area contributed by atoms with Crippen LogP contribution >= 0.6 is 0 Å². The van der Waals surface area contributed by atoms with E-state index in [1.165, 1.54) is 44.2 Å². The second-order valence-corrected chi connectivity index (χ2v) is 5.52. The fraction of sp³-hybridized carbons (Fsp3) is 0.647. The van der Waals surface area contributed by atoms with E-state index in [9.17, 15) is 0 Å². The molecule has 1 aliphatic carbocycles. The average molecular weight is 261 g/mol. The van der Waals surface area contributed by atoms with Crippen molar-refractivity contribution in [1.82, 2.24) is 5.32 Å². The number of hydrogen-bond acceptors (Lipinski definition) is 2. The minimum Gasteiger partial charge on any atom is -0.492 e. The fourth-order valence-corrected chi connectivity index (χ4v) is 2.87. The summed E-state index contributed by atoms with van der Waals surface area (Å²) in [6.07, 6.45) is 8.14.